The highest BCUT2D eigenvalue weighted by Gasteiger charge is 2.24. The van der Waals surface area contributed by atoms with Crippen molar-refractivity contribution in [2.75, 3.05) is 9.80 Å². The van der Waals surface area contributed by atoms with Crippen molar-refractivity contribution in [3.8, 4) is 0 Å². The van der Waals surface area contributed by atoms with Crippen LogP contribution >= 0.6 is 0 Å². The molecule has 1 aliphatic carbocycles. The van der Waals surface area contributed by atoms with Gasteiger partial charge in [-0.2, -0.15) is 0 Å². The predicted octanol–water partition coefficient (Wildman–Crippen LogP) is 10.9. The third-order valence-electron chi connectivity index (χ3n) is 8.91. The van der Waals surface area contributed by atoms with Crippen LogP contribution < -0.4 is 9.80 Å². The van der Waals surface area contributed by atoms with Gasteiger partial charge in [-0.25, -0.2) is 9.97 Å². The maximum absolute atomic E-state index is 4.93. The van der Waals surface area contributed by atoms with E-state index in [2.05, 4.69) is 151 Å². The summed E-state index contributed by atoms with van der Waals surface area (Å²) >= 11 is 0. The van der Waals surface area contributed by atoms with E-state index < -0.39 is 0 Å². The van der Waals surface area contributed by atoms with Gasteiger partial charge in [0, 0.05) is 28.9 Å². The zero-order chi connectivity index (χ0) is 30.3. The Hall–Kier alpha value is -5.48. The standard InChI is InChI=1S/C41H34N4/c1-28-14-24-38(42-26-28)44(32-10-6-3-4-7-11-32)36-22-18-30-17-21-35-37(23-19-31-16-20-34(36)40(30)41(31)35)45(33-12-8-5-9-13-33)39-25-15-29(2)27-43-39/h3,5-9,11-27,32H,4,10H2,1-2H3. The summed E-state index contributed by atoms with van der Waals surface area (Å²) in [5.74, 6) is 1.86. The van der Waals surface area contributed by atoms with E-state index in [0.717, 1.165) is 47.0 Å². The molecule has 0 radical (unpaired) electrons. The minimum absolute atomic E-state index is 0.161. The van der Waals surface area contributed by atoms with E-state index in [1.165, 1.54) is 38.0 Å². The number of hydrogen-bond donors (Lipinski definition) is 0. The Morgan fingerprint density at radius 1 is 0.578 bits per heavy atom. The lowest BCUT2D eigenvalue weighted by molar-refractivity contribution is 0.785. The first-order valence-corrected chi connectivity index (χ1v) is 15.7. The highest BCUT2D eigenvalue weighted by Crippen LogP contribution is 2.46. The van der Waals surface area contributed by atoms with Gasteiger partial charge in [0.15, 0.2) is 0 Å². The fraction of sp³-hybridized carbons (Fsp3) is 0.122. The van der Waals surface area contributed by atoms with Crippen LogP contribution in [0, 0.1) is 13.8 Å². The number of aryl methyl sites for hydroxylation is 2. The highest BCUT2D eigenvalue weighted by atomic mass is 15.2. The second-order valence-corrected chi connectivity index (χ2v) is 12.0. The third kappa shape index (κ3) is 4.79. The van der Waals surface area contributed by atoms with Crippen molar-refractivity contribution >= 4 is 61.0 Å². The highest BCUT2D eigenvalue weighted by molar-refractivity contribution is 6.27. The van der Waals surface area contributed by atoms with Crippen LogP contribution in [0.2, 0.25) is 0 Å². The Morgan fingerprint density at radius 3 is 1.87 bits per heavy atom. The number of benzene rings is 5. The Kier molecular flexibility index (Phi) is 6.76. The number of allylic oxidation sites excluding steroid dienone is 2. The molecule has 4 heteroatoms. The van der Waals surface area contributed by atoms with Crippen molar-refractivity contribution in [1.82, 2.24) is 9.97 Å². The molecule has 1 unspecified atom stereocenters. The summed E-state index contributed by atoms with van der Waals surface area (Å²) < 4.78 is 0. The molecule has 7 aromatic rings. The summed E-state index contributed by atoms with van der Waals surface area (Å²) in [5.41, 5.74) is 5.65. The second-order valence-electron chi connectivity index (χ2n) is 12.0. The summed E-state index contributed by atoms with van der Waals surface area (Å²) in [6.07, 6.45) is 15.0. The molecule has 2 heterocycles. The van der Waals surface area contributed by atoms with Gasteiger partial charge in [-0.15, -0.1) is 0 Å². The molecule has 0 bridgehead atoms. The van der Waals surface area contributed by atoms with E-state index >= 15 is 0 Å². The smallest absolute Gasteiger partial charge is 0.137 e. The van der Waals surface area contributed by atoms with E-state index in [4.69, 9.17) is 9.97 Å². The Balaban J connectivity index is 1.38. The zero-order valence-electron chi connectivity index (χ0n) is 25.6. The van der Waals surface area contributed by atoms with Gasteiger partial charge >= 0.3 is 0 Å². The van der Waals surface area contributed by atoms with Crippen LogP contribution in [-0.2, 0) is 0 Å². The number of aromatic nitrogens is 2. The Labute approximate surface area is 263 Å². The molecule has 0 spiro atoms. The monoisotopic (exact) mass is 582 g/mol. The number of nitrogens with zero attached hydrogens (tertiary/aromatic N) is 4. The van der Waals surface area contributed by atoms with Crippen molar-refractivity contribution in [1.29, 1.82) is 0 Å². The van der Waals surface area contributed by atoms with Crippen molar-refractivity contribution in [3.63, 3.8) is 0 Å². The molecule has 0 aliphatic heterocycles. The second kappa shape index (κ2) is 11.2. The summed E-state index contributed by atoms with van der Waals surface area (Å²) in [7, 11) is 0. The average molecular weight is 583 g/mol. The van der Waals surface area contributed by atoms with Gasteiger partial charge in [-0.1, -0.05) is 91.0 Å². The molecule has 0 amide bonds. The average Bonchev–Trinajstić information content (AvgIpc) is 3.37. The SMILES string of the molecule is Cc1ccc(N(c2ccccc2)c2ccc3ccc4c(N(c5ccc(C)cn5)C5C=CCC=CC5)ccc5ccc2c3c54)nc1. The number of para-hydroxylation sites is 1. The van der Waals surface area contributed by atoms with Gasteiger partial charge in [0.05, 0.1) is 17.4 Å². The molecule has 0 fully saturated rings. The maximum atomic E-state index is 4.93. The maximum Gasteiger partial charge on any atom is 0.137 e. The first-order chi connectivity index (χ1) is 22.2. The van der Waals surface area contributed by atoms with Crippen molar-refractivity contribution < 1.29 is 0 Å². The molecule has 0 saturated carbocycles. The molecule has 0 N–H and O–H groups in total. The third-order valence-corrected chi connectivity index (χ3v) is 8.91. The van der Waals surface area contributed by atoms with Crippen LogP contribution in [0.4, 0.5) is 28.7 Å². The van der Waals surface area contributed by atoms with Crippen LogP contribution in [0.3, 0.4) is 0 Å². The number of rotatable bonds is 6. The van der Waals surface area contributed by atoms with Gasteiger partial charge in [0.2, 0.25) is 0 Å². The van der Waals surface area contributed by atoms with Crippen LogP contribution in [0.1, 0.15) is 24.0 Å². The van der Waals surface area contributed by atoms with E-state index in [1.807, 2.05) is 12.4 Å². The largest absolute Gasteiger partial charge is 0.319 e. The van der Waals surface area contributed by atoms with Gasteiger partial charge < -0.3 is 4.90 Å². The quantitative estimate of drug-likeness (QED) is 0.144. The minimum atomic E-state index is 0.161. The normalized spacial score (nSPS) is 14.8. The number of hydrogen-bond acceptors (Lipinski definition) is 4. The summed E-state index contributed by atoms with van der Waals surface area (Å²) in [5, 5.41) is 7.44. The first-order valence-electron chi connectivity index (χ1n) is 15.7. The topological polar surface area (TPSA) is 32.3 Å². The zero-order valence-corrected chi connectivity index (χ0v) is 25.6. The molecule has 45 heavy (non-hydrogen) atoms. The molecular weight excluding hydrogens is 548 g/mol. The van der Waals surface area contributed by atoms with Crippen LogP contribution in [-0.4, -0.2) is 16.0 Å². The first kappa shape index (κ1) is 27.1. The molecular formula is C41H34N4. The van der Waals surface area contributed by atoms with E-state index in [1.54, 1.807) is 0 Å². The molecule has 218 valence electrons. The fourth-order valence-corrected chi connectivity index (χ4v) is 6.73. The fourth-order valence-electron chi connectivity index (χ4n) is 6.73. The lowest BCUT2D eigenvalue weighted by atomic mass is 9.91. The predicted molar refractivity (Wildman–Crippen MR) is 190 cm³/mol. The van der Waals surface area contributed by atoms with Gasteiger partial charge in [0.25, 0.3) is 0 Å². The lowest BCUT2D eigenvalue weighted by Crippen LogP contribution is -2.30. The van der Waals surface area contributed by atoms with Crippen molar-refractivity contribution in [2.45, 2.75) is 32.7 Å². The minimum Gasteiger partial charge on any atom is -0.319 e. The molecule has 8 rings (SSSR count). The summed E-state index contributed by atoms with van der Waals surface area (Å²) in [4.78, 5) is 14.5. The molecule has 5 aromatic carbocycles. The van der Waals surface area contributed by atoms with Gasteiger partial charge in [-0.3, -0.25) is 4.90 Å². The molecule has 1 atom stereocenters. The van der Waals surface area contributed by atoms with E-state index in [0.29, 0.717) is 0 Å². The van der Waals surface area contributed by atoms with Crippen LogP contribution in [0.15, 0.2) is 140 Å². The Bertz CT molecular complexity index is 2180. The molecule has 1 aliphatic rings. The van der Waals surface area contributed by atoms with Crippen LogP contribution in [0.25, 0.3) is 32.3 Å². The molecule has 4 nitrogen and oxygen atoms in total. The molecule has 2 aromatic heterocycles. The van der Waals surface area contributed by atoms with Crippen molar-refractivity contribution in [2.24, 2.45) is 0 Å². The van der Waals surface area contributed by atoms with Gasteiger partial charge in [-0.05, 0) is 95.8 Å². The Morgan fingerprint density at radius 2 is 1.20 bits per heavy atom. The number of pyridine rings is 2. The van der Waals surface area contributed by atoms with Crippen LogP contribution in [0.5, 0.6) is 0 Å². The molecule has 0 saturated heterocycles. The summed E-state index contributed by atoms with van der Waals surface area (Å²) in [6.45, 7) is 4.17. The van der Waals surface area contributed by atoms with Gasteiger partial charge in [0.1, 0.15) is 11.6 Å². The van der Waals surface area contributed by atoms with E-state index in [-0.39, 0.29) is 6.04 Å². The number of anilines is 5. The van der Waals surface area contributed by atoms with E-state index in [9.17, 15) is 0 Å². The van der Waals surface area contributed by atoms with Crippen molar-refractivity contribution in [3.05, 3.63) is 151 Å². The summed E-state index contributed by atoms with van der Waals surface area (Å²) in [6, 6.07) is 37.4. The lowest BCUT2D eigenvalue weighted by Gasteiger charge is -2.32.